The molecule has 1 aromatic carbocycles. The molecule has 1 heterocycles. The first kappa shape index (κ1) is 14.3. The normalized spacial score (nSPS) is 12.2. The van der Waals surface area contributed by atoms with Gasteiger partial charge in [0.15, 0.2) is 11.6 Å². The molecule has 1 unspecified atom stereocenters. The number of anilines is 1. The maximum Gasteiger partial charge on any atom is 0.275 e. The van der Waals surface area contributed by atoms with Crippen LogP contribution in [0.25, 0.3) is 0 Å². The van der Waals surface area contributed by atoms with Crippen LogP contribution in [0.5, 0.6) is 0 Å². The molecular weight excluding hydrogens is 288 g/mol. The summed E-state index contributed by atoms with van der Waals surface area (Å²) in [6, 6.07) is 1.39. The van der Waals surface area contributed by atoms with Gasteiger partial charge in [0.25, 0.3) is 5.69 Å². The molecule has 0 fully saturated rings. The lowest BCUT2D eigenvalue weighted by Crippen LogP contribution is -2.12. The Morgan fingerprint density at radius 1 is 1.45 bits per heavy atom. The molecule has 2 rings (SSSR count). The van der Waals surface area contributed by atoms with Gasteiger partial charge in [-0.05, 0) is 0 Å². The van der Waals surface area contributed by atoms with Crippen LogP contribution in [0.1, 0.15) is 17.8 Å². The summed E-state index contributed by atoms with van der Waals surface area (Å²) in [5.41, 5.74) is -0.975. The molecule has 0 bridgehead atoms. The highest BCUT2D eigenvalue weighted by Crippen LogP contribution is 2.26. The molecule has 0 aliphatic rings. The Morgan fingerprint density at radius 2 is 2.10 bits per heavy atom. The Balaban J connectivity index is 2.12. The Bertz CT molecular complexity index is 596. The van der Waals surface area contributed by atoms with Gasteiger partial charge in [0, 0.05) is 24.0 Å². The highest BCUT2D eigenvalue weighted by Gasteiger charge is 2.18. The van der Waals surface area contributed by atoms with Gasteiger partial charge in [-0.2, -0.15) is 0 Å². The molecule has 0 saturated heterocycles. The van der Waals surface area contributed by atoms with E-state index in [2.05, 4.69) is 10.3 Å². The van der Waals surface area contributed by atoms with E-state index in [0.29, 0.717) is 12.1 Å². The van der Waals surface area contributed by atoms with Gasteiger partial charge in [0.1, 0.15) is 5.69 Å². The molecule has 1 aromatic heterocycles. The predicted octanol–water partition coefficient (Wildman–Crippen LogP) is 3.55. The fourth-order valence-electron chi connectivity index (χ4n) is 1.65. The van der Waals surface area contributed by atoms with Crippen molar-refractivity contribution in [1.82, 2.24) is 4.98 Å². The second-order valence-electron chi connectivity index (χ2n) is 4.19. The number of hydrogen-bond acceptors (Lipinski definition) is 5. The first-order valence-electron chi connectivity index (χ1n) is 5.75. The minimum Gasteiger partial charge on any atom is -0.380 e. The summed E-state index contributed by atoms with van der Waals surface area (Å²) in [4.78, 5) is 13.8. The Kier molecular flexibility index (Phi) is 4.23. The molecule has 20 heavy (non-hydrogen) atoms. The monoisotopic (exact) mass is 299 g/mol. The number of thiazole rings is 1. The van der Waals surface area contributed by atoms with Crippen molar-refractivity contribution in [2.75, 3.05) is 11.9 Å². The zero-order valence-corrected chi connectivity index (χ0v) is 11.3. The van der Waals surface area contributed by atoms with Crippen molar-refractivity contribution in [3.05, 3.63) is 50.5 Å². The number of benzene rings is 1. The van der Waals surface area contributed by atoms with Gasteiger partial charge in [0.2, 0.25) is 0 Å². The number of aromatic nitrogens is 1. The van der Waals surface area contributed by atoms with Crippen LogP contribution >= 0.6 is 11.3 Å². The first-order chi connectivity index (χ1) is 9.49. The van der Waals surface area contributed by atoms with Crippen LogP contribution in [0, 0.1) is 21.7 Å². The van der Waals surface area contributed by atoms with Crippen LogP contribution < -0.4 is 5.32 Å². The molecule has 106 valence electrons. The number of hydrogen-bond donors (Lipinski definition) is 1. The van der Waals surface area contributed by atoms with Gasteiger partial charge in [-0.25, -0.2) is 13.8 Å². The van der Waals surface area contributed by atoms with Crippen molar-refractivity contribution in [2.24, 2.45) is 0 Å². The predicted molar refractivity (Wildman–Crippen MR) is 72.0 cm³/mol. The van der Waals surface area contributed by atoms with Gasteiger partial charge < -0.3 is 5.32 Å². The molecule has 0 radical (unpaired) electrons. The summed E-state index contributed by atoms with van der Waals surface area (Å²) < 4.78 is 27.3. The molecule has 0 spiro atoms. The lowest BCUT2D eigenvalue weighted by molar-refractivity contribution is -0.385. The topological polar surface area (TPSA) is 68.1 Å². The molecule has 1 N–H and O–H groups in total. The van der Waals surface area contributed by atoms with E-state index in [0.717, 1.165) is 5.01 Å². The lowest BCUT2D eigenvalue weighted by Gasteiger charge is -2.12. The summed E-state index contributed by atoms with van der Waals surface area (Å²) in [5.74, 6) is -1.99. The third kappa shape index (κ3) is 3.08. The number of nitrogens with one attached hydrogen (secondary N) is 1. The SMILES string of the molecule is CC(CNc1c(F)cc([N+](=O)[O-])cc1F)c1nccs1. The highest BCUT2D eigenvalue weighted by atomic mass is 32.1. The van der Waals surface area contributed by atoms with Crippen LogP contribution in [0.4, 0.5) is 20.2 Å². The zero-order valence-electron chi connectivity index (χ0n) is 10.5. The second-order valence-corrected chi connectivity index (χ2v) is 5.12. The molecule has 0 aliphatic heterocycles. The van der Waals surface area contributed by atoms with Crippen molar-refractivity contribution in [3.63, 3.8) is 0 Å². The van der Waals surface area contributed by atoms with Gasteiger partial charge in [-0.3, -0.25) is 10.1 Å². The zero-order chi connectivity index (χ0) is 14.7. The summed E-state index contributed by atoms with van der Waals surface area (Å²) in [7, 11) is 0. The van der Waals surface area contributed by atoms with Gasteiger partial charge in [0.05, 0.1) is 22.1 Å². The van der Waals surface area contributed by atoms with Gasteiger partial charge >= 0.3 is 0 Å². The molecule has 1 atom stereocenters. The quantitative estimate of drug-likeness (QED) is 0.677. The summed E-state index contributed by atoms with van der Waals surface area (Å²) >= 11 is 1.45. The van der Waals surface area contributed by atoms with E-state index in [4.69, 9.17) is 0 Å². The maximum atomic E-state index is 13.6. The van der Waals surface area contributed by atoms with Gasteiger partial charge in [-0.15, -0.1) is 11.3 Å². The molecule has 0 amide bonds. The fraction of sp³-hybridized carbons (Fsp3) is 0.250. The van der Waals surface area contributed by atoms with Crippen molar-refractivity contribution in [3.8, 4) is 0 Å². The summed E-state index contributed by atoms with van der Waals surface area (Å²) in [6.07, 6.45) is 1.66. The standard InChI is InChI=1S/C12H11F2N3O2S/c1-7(12-15-2-3-20-12)6-16-11-9(13)4-8(17(18)19)5-10(11)14/h2-5,7,16H,6H2,1H3. The molecular formula is C12H11F2N3O2S. The fourth-order valence-corrected chi connectivity index (χ4v) is 2.35. The van der Waals surface area contributed by atoms with E-state index >= 15 is 0 Å². The van der Waals surface area contributed by atoms with Crippen molar-refractivity contribution in [1.29, 1.82) is 0 Å². The molecule has 0 aliphatic carbocycles. The van der Waals surface area contributed by atoms with E-state index in [1.165, 1.54) is 11.3 Å². The number of non-ortho nitro benzene ring substituents is 1. The van der Waals surface area contributed by atoms with Crippen molar-refractivity contribution >= 4 is 22.7 Å². The number of nitro groups is 1. The minimum absolute atomic E-state index is 0.0241. The number of nitrogens with zero attached hydrogens (tertiary/aromatic N) is 2. The van der Waals surface area contributed by atoms with E-state index in [-0.39, 0.29) is 18.2 Å². The number of halogens is 2. The first-order valence-corrected chi connectivity index (χ1v) is 6.63. The van der Waals surface area contributed by atoms with E-state index in [9.17, 15) is 18.9 Å². The Hall–Kier alpha value is -2.09. The van der Waals surface area contributed by atoms with Crippen LogP contribution in [0.15, 0.2) is 23.7 Å². The summed E-state index contributed by atoms with van der Waals surface area (Å²) in [5, 5.41) is 15.8. The molecule has 8 heteroatoms. The smallest absolute Gasteiger partial charge is 0.275 e. The number of rotatable bonds is 5. The summed E-state index contributed by atoms with van der Waals surface area (Å²) in [6.45, 7) is 2.15. The van der Waals surface area contributed by atoms with E-state index in [1.807, 2.05) is 12.3 Å². The van der Waals surface area contributed by atoms with E-state index < -0.39 is 22.2 Å². The third-order valence-electron chi connectivity index (χ3n) is 2.70. The molecule has 2 aromatic rings. The molecule has 5 nitrogen and oxygen atoms in total. The maximum absolute atomic E-state index is 13.6. The van der Waals surface area contributed by atoms with Crippen molar-refractivity contribution < 1.29 is 13.7 Å². The Morgan fingerprint density at radius 3 is 2.60 bits per heavy atom. The number of nitro benzene ring substituents is 1. The van der Waals surface area contributed by atoms with Crippen LogP contribution in [0.2, 0.25) is 0 Å². The minimum atomic E-state index is -0.983. The van der Waals surface area contributed by atoms with Crippen molar-refractivity contribution in [2.45, 2.75) is 12.8 Å². The third-order valence-corrected chi connectivity index (χ3v) is 3.70. The van der Waals surface area contributed by atoms with Crippen LogP contribution in [-0.4, -0.2) is 16.5 Å². The largest absolute Gasteiger partial charge is 0.380 e. The Labute approximate surface area is 117 Å². The second kappa shape index (κ2) is 5.91. The molecule has 0 saturated carbocycles. The average Bonchev–Trinajstić information content (AvgIpc) is 2.91. The lowest BCUT2D eigenvalue weighted by atomic mass is 10.2. The van der Waals surface area contributed by atoms with E-state index in [1.54, 1.807) is 6.20 Å². The highest BCUT2D eigenvalue weighted by molar-refractivity contribution is 7.09. The van der Waals surface area contributed by atoms with Crippen LogP contribution in [-0.2, 0) is 0 Å². The van der Waals surface area contributed by atoms with Crippen LogP contribution in [0.3, 0.4) is 0 Å². The average molecular weight is 299 g/mol. The van der Waals surface area contributed by atoms with Gasteiger partial charge in [-0.1, -0.05) is 6.92 Å².